The van der Waals surface area contributed by atoms with Gasteiger partial charge in [-0.2, -0.15) is 0 Å². The molecule has 1 saturated carbocycles. The van der Waals surface area contributed by atoms with Crippen molar-refractivity contribution in [3.63, 3.8) is 0 Å². The maximum absolute atomic E-state index is 12.9. The molecule has 0 radical (unpaired) electrons. The zero-order valence-electron chi connectivity index (χ0n) is 20.0. The summed E-state index contributed by atoms with van der Waals surface area (Å²) in [6.07, 6.45) is -3.13. The van der Waals surface area contributed by atoms with Gasteiger partial charge in [0.25, 0.3) is 0 Å². The van der Waals surface area contributed by atoms with E-state index in [-0.39, 0.29) is 5.57 Å². The van der Waals surface area contributed by atoms with Crippen LogP contribution in [0.15, 0.2) is 24.3 Å². The van der Waals surface area contributed by atoms with Crippen LogP contribution in [0.4, 0.5) is 0 Å². The summed E-state index contributed by atoms with van der Waals surface area (Å²) >= 11 is 6.67. The molecular weight excluding hydrogens is 484 g/mol. The number of ketones is 1. The van der Waals surface area contributed by atoms with Gasteiger partial charge in [0.05, 0.1) is 11.3 Å². The molecule has 2 saturated heterocycles. The second kappa shape index (κ2) is 8.12. The number of hydrogen-bond acceptors (Lipinski definition) is 10. The molecule has 4 aliphatic rings. The van der Waals surface area contributed by atoms with Crippen LogP contribution in [0.5, 0.6) is 0 Å². The first-order chi connectivity index (χ1) is 16.1. The molecule has 11 atom stereocenters. The lowest BCUT2D eigenvalue weighted by atomic mass is 9.54. The van der Waals surface area contributed by atoms with Gasteiger partial charge in [-0.05, 0) is 25.5 Å². The molecule has 2 heterocycles. The Bertz CT molecular complexity index is 1040. The van der Waals surface area contributed by atoms with E-state index < -0.39 is 88.0 Å². The van der Waals surface area contributed by atoms with Crippen LogP contribution in [-0.2, 0) is 38.1 Å². The van der Waals surface area contributed by atoms with E-state index in [0.717, 1.165) is 13.0 Å². The van der Waals surface area contributed by atoms with Crippen molar-refractivity contribution in [1.82, 2.24) is 0 Å². The summed E-state index contributed by atoms with van der Waals surface area (Å²) in [5.41, 5.74) is -5.67. The minimum Gasteiger partial charge on any atom is -0.459 e. The maximum Gasteiger partial charge on any atom is 0.312 e. The first-order valence-corrected chi connectivity index (χ1v) is 11.7. The molecule has 10 nitrogen and oxygen atoms in total. The van der Waals surface area contributed by atoms with E-state index in [4.69, 9.17) is 30.5 Å². The lowest BCUT2D eigenvalue weighted by Crippen LogP contribution is -2.70. The highest BCUT2D eigenvalue weighted by atomic mass is 35.5. The SMILES string of the molecule is C=C1C2O[C@H]2[C@H](OC(C)=O)[C@]2(C)C=CC(=O)[C@@](C)(O)[C@@H]2[C@H](OC(C)=O)[C@@]2(O)[C@@H](C)C(=O)O[C@H]2[C@H]1Cl. The van der Waals surface area contributed by atoms with Crippen molar-refractivity contribution in [2.75, 3.05) is 0 Å². The van der Waals surface area contributed by atoms with Crippen molar-refractivity contribution in [2.24, 2.45) is 17.3 Å². The number of esters is 3. The third-order valence-corrected chi connectivity index (χ3v) is 8.39. The fourth-order valence-electron chi connectivity index (χ4n) is 5.98. The van der Waals surface area contributed by atoms with Gasteiger partial charge in [-0.1, -0.05) is 19.6 Å². The van der Waals surface area contributed by atoms with Gasteiger partial charge in [-0.15, -0.1) is 11.6 Å². The monoisotopic (exact) mass is 512 g/mol. The molecule has 4 rings (SSSR count). The molecule has 11 heteroatoms. The van der Waals surface area contributed by atoms with Gasteiger partial charge in [-0.25, -0.2) is 0 Å². The molecule has 0 bridgehead atoms. The zero-order valence-corrected chi connectivity index (χ0v) is 20.8. The fraction of sp³-hybridized carbons (Fsp3) is 0.667. The topological polar surface area (TPSA) is 149 Å². The van der Waals surface area contributed by atoms with E-state index in [1.165, 1.54) is 26.8 Å². The number of halogens is 1. The quantitative estimate of drug-likeness (QED) is 0.177. The molecule has 3 fully saturated rings. The lowest BCUT2D eigenvalue weighted by molar-refractivity contribution is -0.228. The largest absolute Gasteiger partial charge is 0.459 e. The highest BCUT2D eigenvalue weighted by Gasteiger charge is 2.73. The van der Waals surface area contributed by atoms with Crippen LogP contribution in [0, 0.1) is 17.3 Å². The van der Waals surface area contributed by atoms with Crippen molar-refractivity contribution in [3.8, 4) is 0 Å². The van der Waals surface area contributed by atoms with E-state index >= 15 is 0 Å². The standard InChI is InChI=1S/C24H29ClO10/c1-9-14(25)18-24(31,10(2)21(29)35-18)20(33-12(4)27)17-22(5,8-7-13(28)23(17,6)30)19(32-11(3)26)16-15(9)34-16/h7-8,10,14-20,30-31H,1H2,2-6H3/t10-,14-,15?,16+,17+,18-,19-,20-,22+,23+,24+/m0/s1. The summed E-state index contributed by atoms with van der Waals surface area (Å²) < 4.78 is 22.6. The summed E-state index contributed by atoms with van der Waals surface area (Å²) in [7, 11) is 0. The molecule has 2 aliphatic heterocycles. The summed E-state index contributed by atoms with van der Waals surface area (Å²) in [4.78, 5) is 50.1. The Hall–Kier alpha value is -2.27. The number of rotatable bonds is 2. The van der Waals surface area contributed by atoms with Crippen LogP contribution in [0.25, 0.3) is 0 Å². The number of hydrogen-bond donors (Lipinski definition) is 2. The first-order valence-electron chi connectivity index (χ1n) is 11.3. The van der Waals surface area contributed by atoms with Gasteiger partial charge in [0.2, 0.25) is 0 Å². The minimum atomic E-state index is -2.29. The third-order valence-electron chi connectivity index (χ3n) is 7.88. The predicted octanol–water partition coefficient (Wildman–Crippen LogP) is 0.599. The molecule has 192 valence electrons. The molecule has 0 spiro atoms. The number of ether oxygens (including phenoxy) is 4. The fourth-order valence-corrected chi connectivity index (χ4v) is 6.35. The number of carbonyl (C=O) groups excluding carboxylic acids is 4. The summed E-state index contributed by atoms with van der Waals surface area (Å²) in [5.74, 6) is -5.72. The van der Waals surface area contributed by atoms with E-state index in [9.17, 15) is 29.4 Å². The van der Waals surface area contributed by atoms with E-state index in [0.29, 0.717) is 0 Å². The Balaban J connectivity index is 2.04. The molecule has 0 amide bonds. The van der Waals surface area contributed by atoms with E-state index in [1.807, 2.05) is 0 Å². The van der Waals surface area contributed by atoms with Crippen molar-refractivity contribution in [1.29, 1.82) is 0 Å². The Labute approximate surface area is 207 Å². The first kappa shape index (κ1) is 25.8. The Morgan fingerprint density at radius 1 is 1.11 bits per heavy atom. The van der Waals surface area contributed by atoms with E-state index in [1.54, 1.807) is 6.92 Å². The minimum absolute atomic E-state index is 0.269. The molecule has 0 aromatic carbocycles. The number of alkyl halides is 1. The van der Waals surface area contributed by atoms with Gasteiger partial charge in [0.15, 0.2) is 17.5 Å². The molecule has 2 aliphatic carbocycles. The molecule has 0 aromatic rings. The lowest BCUT2D eigenvalue weighted by Gasteiger charge is -2.54. The third kappa shape index (κ3) is 3.64. The number of fused-ring (bicyclic) bond motifs is 3. The van der Waals surface area contributed by atoms with Crippen LogP contribution in [0.1, 0.15) is 34.6 Å². The molecular formula is C24H29ClO10. The summed E-state index contributed by atoms with van der Waals surface area (Å²) in [6, 6.07) is 0. The highest BCUT2D eigenvalue weighted by molar-refractivity contribution is 6.23. The average Bonchev–Trinajstić information content (AvgIpc) is 3.50. The predicted molar refractivity (Wildman–Crippen MR) is 119 cm³/mol. The Morgan fingerprint density at radius 2 is 1.69 bits per heavy atom. The van der Waals surface area contributed by atoms with Crippen LogP contribution < -0.4 is 0 Å². The van der Waals surface area contributed by atoms with Gasteiger partial charge in [0.1, 0.15) is 30.0 Å². The van der Waals surface area contributed by atoms with Crippen molar-refractivity contribution in [3.05, 3.63) is 24.3 Å². The average molecular weight is 513 g/mol. The van der Waals surface area contributed by atoms with E-state index in [2.05, 4.69) is 6.58 Å². The van der Waals surface area contributed by atoms with Crippen LogP contribution in [0.3, 0.4) is 0 Å². The van der Waals surface area contributed by atoms with Crippen molar-refractivity contribution < 1.29 is 48.3 Å². The second-order valence-corrected chi connectivity index (χ2v) is 10.7. The van der Waals surface area contributed by atoms with Gasteiger partial charge >= 0.3 is 17.9 Å². The van der Waals surface area contributed by atoms with Crippen LogP contribution in [0.2, 0.25) is 0 Å². The van der Waals surface area contributed by atoms with Crippen molar-refractivity contribution >= 4 is 35.3 Å². The summed E-state index contributed by atoms with van der Waals surface area (Å²) in [6.45, 7) is 10.5. The molecule has 35 heavy (non-hydrogen) atoms. The number of epoxide rings is 1. The number of aliphatic hydroxyl groups is 2. The second-order valence-electron chi connectivity index (χ2n) is 10.2. The highest BCUT2D eigenvalue weighted by Crippen LogP contribution is 2.57. The Morgan fingerprint density at radius 3 is 2.26 bits per heavy atom. The molecule has 2 N–H and O–H groups in total. The Kier molecular flexibility index (Phi) is 5.99. The molecule has 0 aromatic heterocycles. The van der Waals surface area contributed by atoms with Gasteiger partial charge < -0.3 is 29.2 Å². The van der Waals surface area contributed by atoms with Crippen LogP contribution in [-0.4, -0.2) is 81.0 Å². The summed E-state index contributed by atoms with van der Waals surface area (Å²) in [5, 5.41) is 22.5. The maximum atomic E-state index is 12.9. The smallest absolute Gasteiger partial charge is 0.312 e. The zero-order chi connectivity index (χ0) is 26.2. The normalized spacial score (nSPS) is 48.7. The van der Waals surface area contributed by atoms with Crippen molar-refractivity contribution in [2.45, 2.75) is 81.7 Å². The van der Waals surface area contributed by atoms with Gasteiger partial charge in [-0.3, -0.25) is 19.2 Å². The number of carbonyl (C=O) groups is 4. The van der Waals surface area contributed by atoms with Crippen LogP contribution >= 0.6 is 11.6 Å². The molecule has 1 unspecified atom stereocenters. The van der Waals surface area contributed by atoms with Gasteiger partial charge in [0, 0.05) is 25.2 Å².